The van der Waals surface area contributed by atoms with Gasteiger partial charge in [0.15, 0.2) is 0 Å². The molecule has 0 aliphatic rings. The number of carbonyl (C=O) groups excluding carboxylic acids is 2. The summed E-state index contributed by atoms with van der Waals surface area (Å²) in [5.41, 5.74) is 2.79. The molecule has 2 amide bonds. The summed E-state index contributed by atoms with van der Waals surface area (Å²) in [5, 5.41) is 3.27. The van der Waals surface area contributed by atoms with E-state index in [1.54, 1.807) is 43.3 Å². The highest BCUT2D eigenvalue weighted by molar-refractivity contribution is 7.92. The van der Waals surface area contributed by atoms with Crippen LogP contribution in [-0.4, -0.2) is 44.3 Å². The molecule has 0 aliphatic heterocycles. The highest BCUT2D eigenvalue weighted by atomic mass is 35.5. The van der Waals surface area contributed by atoms with Gasteiger partial charge in [0.1, 0.15) is 12.6 Å². The van der Waals surface area contributed by atoms with Gasteiger partial charge in [-0.25, -0.2) is 8.42 Å². The van der Waals surface area contributed by atoms with Crippen molar-refractivity contribution in [2.75, 3.05) is 17.4 Å². The maximum atomic E-state index is 14.0. The molecule has 3 aromatic rings. The first-order valence-corrected chi connectivity index (χ1v) is 14.4. The number of benzene rings is 3. The molecule has 0 heterocycles. The lowest BCUT2D eigenvalue weighted by molar-refractivity contribution is -0.140. The largest absolute Gasteiger partial charge is 0.355 e. The molecule has 202 valence electrons. The number of rotatable bonds is 11. The summed E-state index contributed by atoms with van der Waals surface area (Å²) in [6.45, 7) is 7.43. The molecule has 0 aromatic heterocycles. The topological polar surface area (TPSA) is 86.8 Å². The lowest BCUT2D eigenvalue weighted by Gasteiger charge is -2.33. The molecule has 0 saturated heterocycles. The SMILES string of the molecule is CCNC(=O)[C@@H](CC)N(Cc1ccccc1C)C(=O)CN(c1ccc(Cl)cc1C)S(=O)(=O)c1ccccc1. The van der Waals surface area contributed by atoms with Crippen molar-refractivity contribution in [1.82, 2.24) is 10.2 Å². The molecule has 3 aromatic carbocycles. The second-order valence-electron chi connectivity index (χ2n) is 9.02. The molecule has 0 aliphatic carbocycles. The summed E-state index contributed by atoms with van der Waals surface area (Å²) in [6.07, 6.45) is 0.370. The Morgan fingerprint density at radius 1 is 0.921 bits per heavy atom. The van der Waals surface area contributed by atoms with Gasteiger partial charge in [0.25, 0.3) is 10.0 Å². The van der Waals surface area contributed by atoms with Crippen LogP contribution in [0.4, 0.5) is 5.69 Å². The van der Waals surface area contributed by atoms with Gasteiger partial charge >= 0.3 is 0 Å². The number of amides is 2. The third-order valence-corrected chi connectivity index (χ3v) is 8.39. The number of hydrogen-bond acceptors (Lipinski definition) is 4. The van der Waals surface area contributed by atoms with Crippen LogP contribution >= 0.6 is 11.6 Å². The van der Waals surface area contributed by atoms with Gasteiger partial charge in [-0.1, -0.05) is 61.0 Å². The van der Waals surface area contributed by atoms with Gasteiger partial charge in [-0.05, 0) is 74.2 Å². The summed E-state index contributed by atoms with van der Waals surface area (Å²) in [4.78, 5) is 28.6. The van der Waals surface area contributed by atoms with E-state index in [2.05, 4.69) is 5.32 Å². The van der Waals surface area contributed by atoms with E-state index < -0.39 is 28.5 Å². The third kappa shape index (κ3) is 6.74. The summed E-state index contributed by atoms with van der Waals surface area (Å²) in [5.74, 6) is -0.766. The maximum Gasteiger partial charge on any atom is 0.264 e. The van der Waals surface area contributed by atoms with Crippen LogP contribution in [0.1, 0.15) is 37.0 Å². The second kappa shape index (κ2) is 12.9. The van der Waals surface area contributed by atoms with E-state index in [0.29, 0.717) is 29.2 Å². The molecule has 9 heteroatoms. The number of sulfonamides is 1. The minimum absolute atomic E-state index is 0.0587. The second-order valence-corrected chi connectivity index (χ2v) is 11.3. The van der Waals surface area contributed by atoms with Crippen molar-refractivity contribution in [2.45, 2.75) is 51.6 Å². The molecular formula is C29H34ClN3O4S. The number of hydrogen-bond donors (Lipinski definition) is 1. The van der Waals surface area contributed by atoms with E-state index in [1.807, 2.05) is 45.0 Å². The van der Waals surface area contributed by atoms with Crippen LogP contribution in [0, 0.1) is 13.8 Å². The molecule has 1 atom stereocenters. The lowest BCUT2D eigenvalue weighted by Crippen LogP contribution is -2.52. The van der Waals surface area contributed by atoms with Crippen LogP contribution in [-0.2, 0) is 26.2 Å². The molecule has 7 nitrogen and oxygen atoms in total. The van der Waals surface area contributed by atoms with E-state index in [9.17, 15) is 18.0 Å². The van der Waals surface area contributed by atoms with Crippen LogP contribution in [0.3, 0.4) is 0 Å². The highest BCUT2D eigenvalue weighted by Crippen LogP contribution is 2.29. The summed E-state index contributed by atoms with van der Waals surface area (Å²) < 4.78 is 28.8. The van der Waals surface area contributed by atoms with E-state index in [-0.39, 0.29) is 17.3 Å². The zero-order valence-corrected chi connectivity index (χ0v) is 23.7. The summed E-state index contributed by atoms with van der Waals surface area (Å²) in [6, 6.07) is 19.7. The van der Waals surface area contributed by atoms with E-state index in [0.717, 1.165) is 15.4 Å². The summed E-state index contributed by atoms with van der Waals surface area (Å²) >= 11 is 6.15. The van der Waals surface area contributed by atoms with Crippen molar-refractivity contribution in [2.24, 2.45) is 0 Å². The van der Waals surface area contributed by atoms with Gasteiger partial charge < -0.3 is 10.2 Å². The Morgan fingerprint density at radius 2 is 1.58 bits per heavy atom. The van der Waals surface area contributed by atoms with Crippen LogP contribution in [0.15, 0.2) is 77.7 Å². The number of carbonyl (C=O) groups is 2. The maximum absolute atomic E-state index is 14.0. The lowest BCUT2D eigenvalue weighted by atomic mass is 10.1. The minimum atomic E-state index is -4.12. The van der Waals surface area contributed by atoms with Crippen LogP contribution in [0.2, 0.25) is 5.02 Å². The number of aryl methyl sites for hydroxylation is 2. The first-order chi connectivity index (χ1) is 18.1. The van der Waals surface area contributed by atoms with Crippen molar-refractivity contribution in [1.29, 1.82) is 0 Å². The Bertz CT molecular complexity index is 1380. The highest BCUT2D eigenvalue weighted by Gasteiger charge is 2.34. The Labute approximate surface area is 230 Å². The Balaban J connectivity index is 2.10. The van der Waals surface area contributed by atoms with Crippen LogP contribution < -0.4 is 9.62 Å². The van der Waals surface area contributed by atoms with Crippen molar-refractivity contribution < 1.29 is 18.0 Å². The molecule has 3 rings (SSSR count). The summed E-state index contributed by atoms with van der Waals surface area (Å²) in [7, 11) is -4.12. The monoisotopic (exact) mass is 555 g/mol. The Morgan fingerprint density at radius 3 is 2.18 bits per heavy atom. The zero-order chi connectivity index (χ0) is 27.9. The molecule has 0 bridgehead atoms. The fourth-order valence-corrected chi connectivity index (χ4v) is 6.04. The van der Waals surface area contributed by atoms with E-state index in [4.69, 9.17) is 11.6 Å². The fraction of sp³-hybridized carbons (Fsp3) is 0.310. The van der Waals surface area contributed by atoms with Gasteiger partial charge in [0.05, 0.1) is 10.6 Å². The average molecular weight is 556 g/mol. The smallest absolute Gasteiger partial charge is 0.264 e. The molecule has 0 unspecified atom stereocenters. The number of likely N-dealkylation sites (N-methyl/N-ethyl adjacent to an activating group) is 1. The number of nitrogens with zero attached hydrogens (tertiary/aromatic N) is 2. The standard InChI is InChI=1S/C29H34ClN3O4S/c1-5-26(29(35)31-6-2)32(19-23-13-11-10-12-21(23)3)28(34)20-33(27-17-16-24(30)18-22(27)4)38(36,37)25-14-8-7-9-15-25/h7-18,26H,5-6,19-20H2,1-4H3,(H,31,35)/t26-/m1/s1. The predicted molar refractivity (Wildman–Crippen MR) is 152 cm³/mol. The minimum Gasteiger partial charge on any atom is -0.355 e. The van der Waals surface area contributed by atoms with E-state index in [1.165, 1.54) is 17.0 Å². The molecule has 1 N–H and O–H groups in total. The van der Waals surface area contributed by atoms with Crippen LogP contribution in [0.25, 0.3) is 0 Å². The van der Waals surface area contributed by atoms with Gasteiger partial charge in [0.2, 0.25) is 11.8 Å². The normalized spacial score (nSPS) is 12.0. The zero-order valence-electron chi connectivity index (χ0n) is 22.1. The first kappa shape index (κ1) is 29.2. The van der Waals surface area contributed by atoms with Gasteiger partial charge in [-0.15, -0.1) is 0 Å². The van der Waals surface area contributed by atoms with Gasteiger partial charge in [-0.2, -0.15) is 0 Å². The van der Waals surface area contributed by atoms with E-state index >= 15 is 0 Å². The van der Waals surface area contributed by atoms with Crippen molar-refractivity contribution in [3.63, 3.8) is 0 Å². The Hall–Kier alpha value is -3.36. The average Bonchev–Trinajstić information content (AvgIpc) is 2.89. The fourth-order valence-electron chi connectivity index (χ4n) is 4.31. The number of anilines is 1. The molecule has 0 spiro atoms. The number of nitrogens with one attached hydrogen (secondary N) is 1. The van der Waals surface area contributed by atoms with Gasteiger partial charge in [-0.3, -0.25) is 13.9 Å². The molecule has 0 saturated carbocycles. The van der Waals surface area contributed by atoms with Crippen molar-refractivity contribution in [3.8, 4) is 0 Å². The van der Waals surface area contributed by atoms with Crippen molar-refractivity contribution >= 4 is 39.1 Å². The predicted octanol–water partition coefficient (Wildman–Crippen LogP) is 5.10. The van der Waals surface area contributed by atoms with Crippen LogP contribution in [0.5, 0.6) is 0 Å². The Kier molecular flexibility index (Phi) is 9.94. The number of halogens is 1. The molecular weight excluding hydrogens is 522 g/mol. The van der Waals surface area contributed by atoms with Crippen molar-refractivity contribution in [3.05, 3.63) is 94.5 Å². The molecule has 0 radical (unpaired) electrons. The first-order valence-electron chi connectivity index (χ1n) is 12.6. The molecule has 0 fully saturated rings. The van der Waals surface area contributed by atoms with Gasteiger partial charge in [0, 0.05) is 18.1 Å². The molecule has 38 heavy (non-hydrogen) atoms. The third-order valence-electron chi connectivity index (χ3n) is 6.38. The quantitative estimate of drug-likeness (QED) is 0.357.